The van der Waals surface area contributed by atoms with Gasteiger partial charge in [0.2, 0.25) is 5.91 Å². The minimum Gasteiger partial charge on any atom is -0.399 e. The lowest BCUT2D eigenvalue weighted by molar-refractivity contribution is -0.122. The van der Waals surface area contributed by atoms with Gasteiger partial charge >= 0.3 is 0 Å². The topological polar surface area (TPSA) is 110 Å². The summed E-state index contributed by atoms with van der Waals surface area (Å²) in [5.41, 5.74) is 8.22. The van der Waals surface area contributed by atoms with Crippen LogP contribution in [0.5, 0.6) is 0 Å². The number of rotatable bonds is 4. The molecule has 0 bridgehead atoms. The predicted octanol–water partition coefficient (Wildman–Crippen LogP) is 1.86. The van der Waals surface area contributed by atoms with Crippen molar-refractivity contribution in [3.05, 3.63) is 74.3 Å². The number of carbonyl (C=O) groups is 1. The first-order valence-electron chi connectivity index (χ1n) is 9.42. The van der Waals surface area contributed by atoms with Gasteiger partial charge in [-0.1, -0.05) is 18.2 Å². The summed E-state index contributed by atoms with van der Waals surface area (Å²) in [6.07, 6.45) is 2.92. The average molecular weight is 378 g/mol. The van der Waals surface area contributed by atoms with Crippen molar-refractivity contribution in [3.8, 4) is 0 Å². The van der Waals surface area contributed by atoms with Gasteiger partial charge in [0.05, 0.1) is 23.4 Å². The van der Waals surface area contributed by atoms with Crippen molar-refractivity contribution in [1.29, 1.82) is 0 Å². The molecule has 1 atom stereocenters. The summed E-state index contributed by atoms with van der Waals surface area (Å²) in [6.45, 7) is 0.117. The van der Waals surface area contributed by atoms with E-state index >= 15 is 0 Å². The smallest absolute Gasteiger partial charge is 0.273 e. The van der Waals surface area contributed by atoms with E-state index in [0.29, 0.717) is 10.8 Å². The number of hydrogen-bond donors (Lipinski definition) is 3. The van der Waals surface area contributed by atoms with Gasteiger partial charge in [0, 0.05) is 12.1 Å². The highest BCUT2D eigenvalue weighted by molar-refractivity contribution is 5.80. The molecule has 0 spiro atoms. The Kier molecular flexibility index (Phi) is 4.73. The molecule has 1 aliphatic carbocycles. The van der Waals surface area contributed by atoms with Crippen LogP contribution in [-0.4, -0.2) is 15.7 Å². The van der Waals surface area contributed by atoms with E-state index in [1.807, 2.05) is 18.2 Å². The Bertz CT molecular complexity index is 1160. The van der Waals surface area contributed by atoms with E-state index in [-0.39, 0.29) is 36.0 Å². The number of nitrogens with two attached hydrogens (primary N) is 1. The van der Waals surface area contributed by atoms with Crippen LogP contribution in [0.3, 0.4) is 0 Å². The molecule has 0 fully saturated rings. The number of anilines is 1. The summed E-state index contributed by atoms with van der Waals surface area (Å²) in [5, 5.41) is 6.31. The Balaban J connectivity index is 1.48. The second-order valence-corrected chi connectivity index (χ2v) is 7.16. The summed E-state index contributed by atoms with van der Waals surface area (Å²) in [7, 11) is 0. The van der Waals surface area contributed by atoms with Crippen LogP contribution >= 0.6 is 0 Å². The zero-order chi connectivity index (χ0) is 19.7. The Labute approximate surface area is 161 Å². The third kappa shape index (κ3) is 3.43. The Hall–Kier alpha value is -3.35. The van der Waals surface area contributed by atoms with Crippen molar-refractivity contribution in [2.75, 3.05) is 5.73 Å². The van der Waals surface area contributed by atoms with Crippen LogP contribution < -0.4 is 22.2 Å². The van der Waals surface area contributed by atoms with Crippen molar-refractivity contribution in [2.45, 2.75) is 38.3 Å². The van der Waals surface area contributed by atoms with Gasteiger partial charge in [-0.05, 0) is 54.7 Å². The Morgan fingerprint density at radius 1 is 1.18 bits per heavy atom. The molecule has 144 valence electrons. The molecule has 0 saturated heterocycles. The molecule has 1 aliphatic rings. The zero-order valence-electron chi connectivity index (χ0n) is 15.4. The second kappa shape index (κ2) is 7.34. The first-order chi connectivity index (χ1) is 13.5. The molecule has 0 saturated carbocycles. The fourth-order valence-electron chi connectivity index (χ4n) is 3.87. The number of H-pyrrole nitrogens is 1. The van der Waals surface area contributed by atoms with Gasteiger partial charge in [0.25, 0.3) is 11.1 Å². The summed E-state index contributed by atoms with van der Waals surface area (Å²) < 4.78 is 1.21. The van der Waals surface area contributed by atoms with E-state index in [2.05, 4.69) is 10.4 Å². The third-order valence-electron chi connectivity index (χ3n) is 5.26. The number of nitrogens with zero attached hydrogens (tertiary/aromatic N) is 1. The molecule has 7 nitrogen and oxygen atoms in total. The van der Waals surface area contributed by atoms with Crippen molar-refractivity contribution in [1.82, 2.24) is 15.1 Å². The van der Waals surface area contributed by atoms with Crippen LogP contribution in [0.1, 0.15) is 36.4 Å². The van der Waals surface area contributed by atoms with Gasteiger partial charge in [-0.15, -0.1) is 0 Å². The second-order valence-electron chi connectivity index (χ2n) is 7.16. The lowest BCUT2D eigenvalue weighted by Gasteiger charge is -2.26. The van der Waals surface area contributed by atoms with E-state index in [1.54, 1.807) is 24.3 Å². The fraction of sp³-hybridized carbons (Fsp3) is 0.286. The van der Waals surface area contributed by atoms with Crippen molar-refractivity contribution in [3.63, 3.8) is 0 Å². The number of benzene rings is 2. The minimum atomic E-state index is -0.339. The largest absolute Gasteiger partial charge is 0.399 e. The molecule has 7 heteroatoms. The first-order valence-corrected chi connectivity index (χ1v) is 9.42. The van der Waals surface area contributed by atoms with E-state index in [0.717, 1.165) is 30.5 Å². The molecule has 4 N–H and O–H groups in total. The number of fused-ring (bicyclic) bond motifs is 2. The highest BCUT2D eigenvalue weighted by Gasteiger charge is 2.22. The third-order valence-corrected chi connectivity index (χ3v) is 5.26. The monoisotopic (exact) mass is 378 g/mol. The quantitative estimate of drug-likeness (QED) is 0.602. The summed E-state index contributed by atoms with van der Waals surface area (Å²) in [4.78, 5) is 37.2. The lowest BCUT2D eigenvalue weighted by Crippen LogP contribution is -2.34. The zero-order valence-corrected chi connectivity index (χ0v) is 15.4. The highest BCUT2D eigenvalue weighted by atomic mass is 16.2. The molecule has 28 heavy (non-hydrogen) atoms. The van der Waals surface area contributed by atoms with Gasteiger partial charge in [0.1, 0.15) is 0 Å². The van der Waals surface area contributed by atoms with Gasteiger partial charge in [-0.2, -0.15) is 0 Å². The van der Waals surface area contributed by atoms with Crippen LogP contribution in [0.15, 0.2) is 52.1 Å². The van der Waals surface area contributed by atoms with Gasteiger partial charge in [-0.25, -0.2) is 4.68 Å². The number of aromatic nitrogens is 2. The Morgan fingerprint density at radius 3 is 2.79 bits per heavy atom. The first kappa shape index (κ1) is 18.0. The van der Waals surface area contributed by atoms with Crippen LogP contribution in [-0.2, 0) is 17.8 Å². The predicted molar refractivity (Wildman–Crippen MR) is 108 cm³/mol. The highest BCUT2D eigenvalue weighted by Crippen LogP contribution is 2.30. The molecule has 1 aromatic heterocycles. The molecular formula is C21H22N4O3. The molecule has 1 unspecified atom stereocenters. The summed E-state index contributed by atoms with van der Waals surface area (Å²) >= 11 is 0. The van der Waals surface area contributed by atoms with E-state index in [4.69, 9.17) is 5.73 Å². The lowest BCUT2D eigenvalue weighted by atomic mass is 9.87. The maximum atomic E-state index is 12.5. The van der Waals surface area contributed by atoms with E-state index in [9.17, 15) is 14.4 Å². The molecule has 2 aromatic carbocycles. The number of amides is 1. The molecule has 1 amide bonds. The molecular weight excluding hydrogens is 356 g/mol. The molecule has 3 aromatic rings. The number of nitrogens with one attached hydrogen (secondary N) is 2. The van der Waals surface area contributed by atoms with E-state index < -0.39 is 0 Å². The number of carbonyl (C=O) groups excluding carboxylic acids is 1. The van der Waals surface area contributed by atoms with Gasteiger partial charge < -0.3 is 11.1 Å². The molecule has 0 aliphatic heterocycles. The van der Waals surface area contributed by atoms with Gasteiger partial charge in [-0.3, -0.25) is 19.5 Å². The number of nitrogen functional groups attached to an aromatic ring is 1. The summed E-state index contributed by atoms with van der Waals surface area (Å²) in [5.74, 6) is -0.157. The van der Waals surface area contributed by atoms with Crippen molar-refractivity contribution >= 4 is 22.4 Å². The summed E-state index contributed by atoms with van der Waals surface area (Å²) in [6, 6.07) is 12.4. The normalized spacial score (nSPS) is 15.9. The molecule has 1 heterocycles. The number of aromatic amines is 1. The Morgan fingerprint density at radius 2 is 1.96 bits per heavy atom. The average Bonchev–Trinajstić information content (AvgIpc) is 2.69. The number of hydrogen-bond acceptors (Lipinski definition) is 4. The van der Waals surface area contributed by atoms with Crippen LogP contribution in [0.2, 0.25) is 0 Å². The van der Waals surface area contributed by atoms with Crippen LogP contribution in [0, 0.1) is 0 Å². The van der Waals surface area contributed by atoms with Crippen LogP contribution in [0.25, 0.3) is 10.8 Å². The maximum absolute atomic E-state index is 12.5. The standard InChI is InChI=1S/C21H22N4O3/c22-14-8-9-15-13(12-14)4-3-7-18(15)23-19(26)10-11-25-21(28)17-6-2-1-5-16(17)20(27)24-25/h1-2,5-6,8-9,12,18H,3-4,7,10-11,22H2,(H,23,26)(H,24,27). The fourth-order valence-corrected chi connectivity index (χ4v) is 3.87. The van der Waals surface area contributed by atoms with Crippen molar-refractivity contribution in [2.24, 2.45) is 0 Å². The SMILES string of the molecule is Nc1ccc2c(c1)CCCC2NC(=O)CCn1[nH]c(=O)c2ccccc2c1=O. The number of aryl methyl sites for hydroxylation is 2. The van der Waals surface area contributed by atoms with Crippen molar-refractivity contribution < 1.29 is 4.79 Å². The van der Waals surface area contributed by atoms with Crippen LogP contribution in [0.4, 0.5) is 5.69 Å². The maximum Gasteiger partial charge on any atom is 0.273 e. The molecule has 4 rings (SSSR count). The minimum absolute atomic E-state index is 0.0516. The van der Waals surface area contributed by atoms with Gasteiger partial charge in [0.15, 0.2) is 0 Å². The molecule has 0 radical (unpaired) electrons. The van der Waals surface area contributed by atoms with E-state index in [1.165, 1.54) is 10.2 Å².